The van der Waals surface area contributed by atoms with Gasteiger partial charge in [-0.15, -0.1) is 0 Å². The van der Waals surface area contributed by atoms with E-state index in [2.05, 4.69) is 12.2 Å². The number of carbonyl (C=O) groups excluding carboxylic acids is 1. The Bertz CT molecular complexity index is 517. The third kappa shape index (κ3) is 4.46. The number of hydrogen-bond acceptors (Lipinski definition) is 3. The highest BCUT2D eigenvalue weighted by atomic mass is 16.5. The van der Waals surface area contributed by atoms with Crippen LogP contribution in [0.25, 0.3) is 0 Å². The maximum atomic E-state index is 11.8. The average Bonchev–Trinajstić information content (AvgIpc) is 2.94. The Labute approximate surface area is 118 Å². The third-order valence-corrected chi connectivity index (χ3v) is 2.82. The molecule has 0 saturated carbocycles. The van der Waals surface area contributed by atoms with Gasteiger partial charge in [-0.2, -0.15) is 0 Å². The zero-order valence-electron chi connectivity index (χ0n) is 11.6. The molecule has 0 aliphatic heterocycles. The van der Waals surface area contributed by atoms with Gasteiger partial charge in [0.25, 0.3) is 0 Å². The Morgan fingerprint density at radius 2 is 2.05 bits per heavy atom. The van der Waals surface area contributed by atoms with Crippen molar-refractivity contribution in [1.29, 1.82) is 0 Å². The molecule has 0 spiro atoms. The molecule has 0 fully saturated rings. The van der Waals surface area contributed by atoms with Gasteiger partial charge in [0, 0.05) is 5.69 Å². The summed E-state index contributed by atoms with van der Waals surface area (Å²) in [4.78, 5) is 11.8. The van der Waals surface area contributed by atoms with Gasteiger partial charge in [0.15, 0.2) is 0 Å². The first kappa shape index (κ1) is 14.2. The van der Waals surface area contributed by atoms with Gasteiger partial charge in [-0.1, -0.05) is 13.3 Å². The van der Waals surface area contributed by atoms with E-state index in [9.17, 15) is 4.79 Å². The van der Waals surface area contributed by atoms with Gasteiger partial charge in [-0.25, -0.2) is 0 Å². The minimum absolute atomic E-state index is 0.0976. The molecule has 0 saturated heterocycles. The fourth-order valence-electron chi connectivity index (χ4n) is 1.75. The fraction of sp³-hybridized carbons (Fsp3) is 0.312. The van der Waals surface area contributed by atoms with Crippen LogP contribution in [-0.2, 0) is 11.2 Å². The number of hydrogen-bond donors (Lipinski definition) is 1. The molecule has 0 unspecified atom stereocenters. The molecule has 1 heterocycles. The molecule has 1 N–H and O–H groups in total. The van der Waals surface area contributed by atoms with Crippen LogP contribution in [-0.4, -0.2) is 12.5 Å². The molecule has 0 aliphatic rings. The van der Waals surface area contributed by atoms with Crippen LogP contribution in [0.3, 0.4) is 0 Å². The normalized spacial score (nSPS) is 10.2. The van der Waals surface area contributed by atoms with E-state index in [0.29, 0.717) is 5.76 Å². The highest BCUT2D eigenvalue weighted by Gasteiger charge is 2.06. The summed E-state index contributed by atoms with van der Waals surface area (Å²) in [6, 6.07) is 10.9. The first-order chi connectivity index (χ1) is 9.78. The second kappa shape index (κ2) is 7.38. The molecule has 20 heavy (non-hydrogen) atoms. The van der Waals surface area contributed by atoms with Gasteiger partial charge in [0.1, 0.15) is 11.5 Å². The molecule has 1 amide bonds. The second-order valence-electron chi connectivity index (χ2n) is 4.53. The number of rotatable bonds is 7. The molecule has 0 radical (unpaired) electrons. The zero-order valence-corrected chi connectivity index (χ0v) is 11.6. The number of carbonyl (C=O) groups is 1. The van der Waals surface area contributed by atoms with E-state index in [4.69, 9.17) is 9.15 Å². The van der Waals surface area contributed by atoms with Crippen LogP contribution in [0.2, 0.25) is 0 Å². The smallest absolute Gasteiger partial charge is 0.231 e. The van der Waals surface area contributed by atoms with Crippen LogP contribution in [0.4, 0.5) is 5.69 Å². The quantitative estimate of drug-likeness (QED) is 0.783. The highest BCUT2D eigenvalue weighted by Crippen LogP contribution is 2.16. The number of amides is 1. The number of nitrogens with one attached hydrogen (secondary N) is 1. The van der Waals surface area contributed by atoms with Crippen LogP contribution < -0.4 is 10.1 Å². The van der Waals surface area contributed by atoms with Crippen molar-refractivity contribution in [2.24, 2.45) is 0 Å². The van der Waals surface area contributed by atoms with Crippen molar-refractivity contribution >= 4 is 11.6 Å². The van der Waals surface area contributed by atoms with Crippen LogP contribution in [0, 0.1) is 0 Å². The molecule has 1 aromatic carbocycles. The summed E-state index contributed by atoms with van der Waals surface area (Å²) in [5.74, 6) is 1.38. The van der Waals surface area contributed by atoms with E-state index in [0.717, 1.165) is 30.9 Å². The Morgan fingerprint density at radius 3 is 2.70 bits per heavy atom. The van der Waals surface area contributed by atoms with Crippen molar-refractivity contribution in [1.82, 2.24) is 0 Å². The summed E-state index contributed by atoms with van der Waals surface area (Å²) in [5, 5.41) is 2.82. The number of unbranched alkanes of at least 4 members (excludes halogenated alkanes) is 1. The van der Waals surface area contributed by atoms with E-state index >= 15 is 0 Å². The number of ether oxygens (including phenoxy) is 1. The summed E-state index contributed by atoms with van der Waals surface area (Å²) in [6.45, 7) is 2.85. The van der Waals surface area contributed by atoms with Crippen molar-refractivity contribution in [3.05, 3.63) is 48.4 Å². The van der Waals surface area contributed by atoms with Crippen LogP contribution in [0.5, 0.6) is 5.75 Å². The van der Waals surface area contributed by atoms with Gasteiger partial charge < -0.3 is 14.5 Å². The molecule has 0 bridgehead atoms. The predicted octanol–water partition coefficient (Wildman–Crippen LogP) is 3.64. The number of benzene rings is 1. The topological polar surface area (TPSA) is 51.5 Å². The molecule has 2 rings (SSSR count). The maximum Gasteiger partial charge on any atom is 0.231 e. The Balaban J connectivity index is 1.82. The Kier molecular flexibility index (Phi) is 5.24. The number of furan rings is 1. The lowest BCUT2D eigenvalue weighted by molar-refractivity contribution is -0.115. The van der Waals surface area contributed by atoms with Crippen molar-refractivity contribution in [2.45, 2.75) is 26.2 Å². The fourth-order valence-corrected chi connectivity index (χ4v) is 1.75. The molecule has 4 nitrogen and oxygen atoms in total. The molecule has 4 heteroatoms. The summed E-state index contributed by atoms with van der Waals surface area (Å²) in [6.07, 6.45) is 3.95. The predicted molar refractivity (Wildman–Crippen MR) is 77.9 cm³/mol. The minimum Gasteiger partial charge on any atom is -0.494 e. The van der Waals surface area contributed by atoms with Crippen LogP contribution in [0.1, 0.15) is 25.5 Å². The lowest BCUT2D eigenvalue weighted by Crippen LogP contribution is -2.13. The zero-order chi connectivity index (χ0) is 14.2. The molecular formula is C16H19NO3. The van der Waals surface area contributed by atoms with Crippen molar-refractivity contribution in [2.75, 3.05) is 11.9 Å². The molecule has 0 aliphatic carbocycles. The second-order valence-corrected chi connectivity index (χ2v) is 4.53. The number of anilines is 1. The molecular weight excluding hydrogens is 254 g/mol. The van der Waals surface area contributed by atoms with Crippen LogP contribution >= 0.6 is 0 Å². The van der Waals surface area contributed by atoms with E-state index in [1.807, 2.05) is 24.3 Å². The summed E-state index contributed by atoms with van der Waals surface area (Å²) >= 11 is 0. The summed E-state index contributed by atoms with van der Waals surface area (Å²) < 4.78 is 10.7. The van der Waals surface area contributed by atoms with Gasteiger partial charge in [-0.3, -0.25) is 4.79 Å². The molecule has 106 valence electrons. The van der Waals surface area contributed by atoms with Gasteiger partial charge in [-0.05, 0) is 42.8 Å². The first-order valence-electron chi connectivity index (χ1n) is 6.83. The lowest BCUT2D eigenvalue weighted by atomic mass is 10.2. The minimum atomic E-state index is -0.0976. The SMILES string of the molecule is CCCCOc1ccc(NC(=O)Cc2ccco2)cc1. The van der Waals surface area contributed by atoms with Crippen molar-refractivity contribution < 1.29 is 13.9 Å². The first-order valence-corrected chi connectivity index (χ1v) is 6.83. The van der Waals surface area contributed by atoms with E-state index in [1.165, 1.54) is 0 Å². The summed E-state index contributed by atoms with van der Waals surface area (Å²) in [7, 11) is 0. The van der Waals surface area contributed by atoms with Crippen molar-refractivity contribution in [3.8, 4) is 5.75 Å². The molecule has 2 aromatic rings. The van der Waals surface area contributed by atoms with E-state index < -0.39 is 0 Å². The maximum absolute atomic E-state index is 11.8. The monoisotopic (exact) mass is 273 g/mol. The van der Waals surface area contributed by atoms with Gasteiger partial charge in [0.2, 0.25) is 5.91 Å². The standard InChI is InChI=1S/C16H19NO3/c1-2-3-10-19-14-8-6-13(7-9-14)17-16(18)12-15-5-4-11-20-15/h4-9,11H,2-3,10,12H2,1H3,(H,17,18). The molecule has 0 atom stereocenters. The van der Waals surface area contributed by atoms with E-state index in [-0.39, 0.29) is 12.3 Å². The summed E-state index contributed by atoms with van der Waals surface area (Å²) in [5.41, 5.74) is 0.754. The Hall–Kier alpha value is -2.23. The third-order valence-electron chi connectivity index (χ3n) is 2.82. The highest BCUT2D eigenvalue weighted by molar-refractivity contribution is 5.91. The average molecular weight is 273 g/mol. The lowest BCUT2D eigenvalue weighted by Gasteiger charge is -2.07. The largest absolute Gasteiger partial charge is 0.494 e. The van der Waals surface area contributed by atoms with Crippen molar-refractivity contribution in [3.63, 3.8) is 0 Å². The van der Waals surface area contributed by atoms with E-state index in [1.54, 1.807) is 18.4 Å². The van der Waals surface area contributed by atoms with Gasteiger partial charge >= 0.3 is 0 Å². The molecule has 1 aromatic heterocycles. The van der Waals surface area contributed by atoms with Gasteiger partial charge in [0.05, 0.1) is 19.3 Å². The van der Waals surface area contributed by atoms with Crippen LogP contribution in [0.15, 0.2) is 47.1 Å². The Morgan fingerprint density at radius 1 is 1.25 bits per heavy atom.